The molecule has 0 saturated heterocycles. The van der Waals surface area contributed by atoms with Crippen LogP contribution in [0.25, 0.3) is 0 Å². The van der Waals surface area contributed by atoms with Crippen LogP contribution in [0.15, 0.2) is 18.2 Å². The van der Waals surface area contributed by atoms with Crippen molar-refractivity contribution in [1.29, 1.82) is 0 Å². The molecule has 1 rings (SSSR count). The van der Waals surface area contributed by atoms with E-state index in [1.54, 1.807) is 0 Å². The number of nitrogens with zero attached hydrogens (tertiary/aromatic N) is 1. The second-order valence-electron chi connectivity index (χ2n) is 2.51. The van der Waals surface area contributed by atoms with Crippen molar-refractivity contribution in [3.8, 4) is 0 Å². The molecule has 1 heteroatoms. The summed E-state index contributed by atoms with van der Waals surface area (Å²) >= 11 is 0. The van der Waals surface area contributed by atoms with Crippen LogP contribution in [-0.4, -0.2) is 7.05 Å². The van der Waals surface area contributed by atoms with Crippen LogP contribution in [0.5, 0.6) is 0 Å². The lowest BCUT2D eigenvalue weighted by molar-refractivity contribution is 1.07. The molecule has 1 radical (unpaired) electrons. The van der Waals surface area contributed by atoms with Gasteiger partial charge in [-0.15, -0.1) is 0 Å². The first-order chi connectivity index (χ1) is 4.74. The third-order valence-corrected chi connectivity index (χ3v) is 1.59. The van der Waals surface area contributed by atoms with Crippen molar-refractivity contribution in [1.82, 2.24) is 5.32 Å². The van der Waals surface area contributed by atoms with E-state index in [9.17, 15) is 0 Å². The fraction of sp³-hybridized carbons (Fsp3) is 0.333. The number of aryl methyl sites for hydroxylation is 2. The minimum atomic E-state index is 1.09. The van der Waals surface area contributed by atoms with Gasteiger partial charge < -0.3 is 0 Å². The Morgan fingerprint density at radius 2 is 1.90 bits per heavy atom. The molecule has 0 spiro atoms. The summed E-state index contributed by atoms with van der Waals surface area (Å²) in [7, 11) is 1.82. The summed E-state index contributed by atoms with van der Waals surface area (Å²) < 4.78 is 0. The Balaban J connectivity index is 3.07. The molecule has 0 aliphatic heterocycles. The van der Waals surface area contributed by atoms with Crippen LogP contribution in [0.1, 0.15) is 11.1 Å². The van der Waals surface area contributed by atoms with Crippen LogP contribution in [0.2, 0.25) is 0 Å². The van der Waals surface area contributed by atoms with E-state index in [0.717, 1.165) is 5.69 Å². The van der Waals surface area contributed by atoms with Gasteiger partial charge in [0, 0.05) is 7.05 Å². The first-order valence-electron chi connectivity index (χ1n) is 3.41. The molecule has 0 fully saturated rings. The minimum Gasteiger partial charge on any atom is -0.288 e. The van der Waals surface area contributed by atoms with Crippen molar-refractivity contribution >= 4 is 5.69 Å². The Bertz CT molecular complexity index is 228. The van der Waals surface area contributed by atoms with Gasteiger partial charge in [0.2, 0.25) is 0 Å². The molecule has 0 unspecified atom stereocenters. The Kier molecular flexibility index (Phi) is 1.95. The van der Waals surface area contributed by atoms with Crippen LogP contribution in [-0.2, 0) is 0 Å². The monoisotopic (exact) mass is 134 g/mol. The van der Waals surface area contributed by atoms with Gasteiger partial charge in [0.25, 0.3) is 0 Å². The zero-order valence-corrected chi connectivity index (χ0v) is 6.68. The summed E-state index contributed by atoms with van der Waals surface area (Å²) in [5, 5.41) is 4.11. The van der Waals surface area contributed by atoms with E-state index in [0.29, 0.717) is 0 Å². The maximum atomic E-state index is 4.11. The van der Waals surface area contributed by atoms with Gasteiger partial charge in [-0.1, -0.05) is 17.7 Å². The lowest BCUT2D eigenvalue weighted by atomic mass is 10.1. The number of hydrogen-bond acceptors (Lipinski definition) is 0. The van der Waals surface area contributed by atoms with Gasteiger partial charge >= 0.3 is 0 Å². The van der Waals surface area contributed by atoms with Crippen LogP contribution >= 0.6 is 0 Å². The molecular formula is C9H12N. The van der Waals surface area contributed by atoms with Gasteiger partial charge in [-0.3, -0.25) is 5.32 Å². The molecule has 1 aromatic rings. The largest absolute Gasteiger partial charge is 0.288 e. The summed E-state index contributed by atoms with van der Waals surface area (Å²) in [4.78, 5) is 0. The Morgan fingerprint density at radius 1 is 1.20 bits per heavy atom. The second-order valence-corrected chi connectivity index (χ2v) is 2.51. The molecule has 10 heavy (non-hydrogen) atoms. The highest BCUT2D eigenvalue weighted by molar-refractivity contribution is 5.45. The molecule has 0 atom stereocenters. The van der Waals surface area contributed by atoms with Crippen molar-refractivity contribution in [2.45, 2.75) is 13.8 Å². The van der Waals surface area contributed by atoms with E-state index in [-0.39, 0.29) is 0 Å². The quantitative estimate of drug-likeness (QED) is 0.559. The number of rotatable bonds is 1. The average molecular weight is 134 g/mol. The average Bonchev–Trinajstić information content (AvgIpc) is 1.88. The van der Waals surface area contributed by atoms with E-state index >= 15 is 0 Å². The molecule has 0 aromatic heterocycles. The molecule has 0 heterocycles. The fourth-order valence-corrected chi connectivity index (χ4v) is 1.06. The lowest BCUT2D eigenvalue weighted by Crippen LogP contribution is -1.89. The number of hydrogen-bond donors (Lipinski definition) is 0. The summed E-state index contributed by atoms with van der Waals surface area (Å²) in [6, 6.07) is 6.27. The summed E-state index contributed by atoms with van der Waals surface area (Å²) in [5.41, 5.74) is 3.64. The van der Waals surface area contributed by atoms with Gasteiger partial charge in [-0.25, -0.2) is 0 Å². The Labute approximate surface area is 62.1 Å². The van der Waals surface area contributed by atoms with Gasteiger partial charge in [0.05, 0.1) is 5.69 Å². The van der Waals surface area contributed by atoms with E-state index < -0.39 is 0 Å². The molecule has 0 amide bonds. The molecule has 0 N–H and O–H groups in total. The molecule has 53 valence electrons. The summed E-state index contributed by atoms with van der Waals surface area (Å²) in [6.45, 7) is 4.17. The third-order valence-electron chi connectivity index (χ3n) is 1.59. The lowest BCUT2D eigenvalue weighted by Gasteiger charge is -2.01. The van der Waals surface area contributed by atoms with Crippen LogP contribution in [0, 0.1) is 13.8 Å². The number of benzene rings is 1. The molecule has 0 aliphatic rings. The van der Waals surface area contributed by atoms with Gasteiger partial charge in [0.15, 0.2) is 0 Å². The maximum absolute atomic E-state index is 4.11. The first kappa shape index (κ1) is 7.13. The zero-order chi connectivity index (χ0) is 7.56. The van der Waals surface area contributed by atoms with Crippen molar-refractivity contribution in [2.24, 2.45) is 0 Å². The first-order valence-corrected chi connectivity index (χ1v) is 3.41. The minimum absolute atomic E-state index is 1.09. The van der Waals surface area contributed by atoms with Crippen molar-refractivity contribution in [3.05, 3.63) is 29.3 Å². The zero-order valence-electron chi connectivity index (χ0n) is 6.68. The normalized spacial score (nSPS) is 9.50. The van der Waals surface area contributed by atoms with E-state index in [4.69, 9.17) is 0 Å². The SMILES string of the molecule is C[N]c1ccc(C)cc1C. The third kappa shape index (κ3) is 1.29. The molecule has 0 saturated carbocycles. The van der Waals surface area contributed by atoms with E-state index in [2.05, 4.69) is 31.3 Å². The standard InChI is InChI=1S/C9H12N/c1-7-4-5-9(10-3)8(2)6-7/h4-6H,1-3H3. The molecule has 1 aromatic carbocycles. The van der Waals surface area contributed by atoms with Gasteiger partial charge in [-0.2, -0.15) is 0 Å². The van der Waals surface area contributed by atoms with Crippen LogP contribution < -0.4 is 5.32 Å². The van der Waals surface area contributed by atoms with Crippen LogP contribution in [0.4, 0.5) is 5.69 Å². The highest BCUT2D eigenvalue weighted by atomic mass is 14.8. The maximum Gasteiger partial charge on any atom is 0.0600 e. The second kappa shape index (κ2) is 2.74. The van der Waals surface area contributed by atoms with E-state index in [1.807, 2.05) is 13.1 Å². The summed E-state index contributed by atoms with van der Waals surface area (Å²) in [5.74, 6) is 0. The topological polar surface area (TPSA) is 14.1 Å². The predicted molar refractivity (Wildman–Crippen MR) is 43.6 cm³/mol. The highest BCUT2D eigenvalue weighted by Crippen LogP contribution is 2.14. The highest BCUT2D eigenvalue weighted by Gasteiger charge is 1.94. The van der Waals surface area contributed by atoms with E-state index in [1.165, 1.54) is 11.1 Å². The fourth-order valence-electron chi connectivity index (χ4n) is 1.06. The molecule has 0 bridgehead atoms. The Hall–Kier alpha value is -0.980. The molecular weight excluding hydrogens is 122 g/mol. The van der Waals surface area contributed by atoms with Crippen molar-refractivity contribution in [2.75, 3.05) is 7.05 Å². The molecule has 0 aliphatic carbocycles. The predicted octanol–water partition coefficient (Wildman–Crippen LogP) is 2.17. The smallest absolute Gasteiger partial charge is 0.0600 e. The van der Waals surface area contributed by atoms with Gasteiger partial charge in [0.1, 0.15) is 0 Å². The summed E-state index contributed by atoms with van der Waals surface area (Å²) in [6.07, 6.45) is 0. The molecule has 1 nitrogen and oxygen atoms in total. The Morgan fingerprint density at radius 3 is 2.40 bits per heavy atom. The van der Waals surface area contributed by atoms with Crippen molar-refractivity contribution in [3.63, 3.8) is 0 Å². The van der Waals surface area contributed by atoms with Crippen LogP contribution in [0.3, 0.4) is 0 Å². The van der Waals surface area contributed by atoms with Crippen molar-refractivity contribution < 1.29 is 0 Å². The van der Waals surface area contributed by atoms with Gasteiger partial charge in [-0.05, 0) is 25.5 Å².